The number of fused-ring (bicyclic) bond motifs is 5. The highest BCUT2D eigenvalue weighted by Gasteiger charge is 2.60. The molecule has 2 saturated heterocycles. The molecular weight excluding hydrogens is 1080 g/mol. The van der Waals surface area contributed by atoms with Crippen LogP contribution in [0.1, 0.15) is 76.2 Å². The van der Waals surface area contributed by atoms with Gasteiger partial charge in [0, 0.05) is 0 Å². The zero-order valence-electron chi connectivity index (χ0n) is 36.8. The molecule has 2 fully saturated rings. The van der Waals surface area contributed by atoms with Crippen LogP contribution in [0.3, 0.4) is 0 Å². The van der Waals surface area contributed by atoms with Crippen molar-refractivity contribution in [2.75, 3.05) is 59.4 Å². The average Bonchev–Trinajstić information content (AvgIpc) is 3.85. The monoisotopic (exact) mass is 1140 g/mol. The zero-order chi connectivity index (χ0) is 47.4. The lowest BCUT2D eigenvalue weighted by Crippen LogP contribution is -2.47. The van der Waals surface area contributed by atoms with Crippen molar-refractivity contribution in [2.24, 2.45) is 28.1 Å². The van der Waals surface area contributed by atoms with Gasteiger partial charge in [-0.1, -0.05) is 82.8 Å². The molecule has 0 saturated carbocycles. The first-order chi connectivity index (χ1) is 28.1. The molecule has 0 aromatic heterocycles. The van der Waals surface area contributed by atoms with Gasteiger partial charge in [-0.05, 0) is 69.2 Å². The Morgan fingerprint density at radius 1 is 0.500 bits per heavy atom. The second-order valence-electron chi connectivity index (χ2n) is 18.7. The molecule has 21 heteroatoms. The van der Waals surface area contributed by atoms with Crippen LogP contribution in [0.15, 0.2) is 12.2 Å². The normalized spacial score (nSPS) is 21.2. The van der Waals surface area contributed by atoms with Crippen LogP contribution in [0.4, 0.5) is 0 Å². The molecule has 0 radical (unpaired) electrons. The molecule has 0 aliphatic carbocycles. The van der Waals surface area contributed by atoms with Crippen molar-refractivity contribution < 1.29 is 76.3 Å². The molecule has 3 unspecified atom stereocenters. The maximum atomic E-state index is 14.0. The molecule has 0 aromatic carbocycles. The van der Waals surface area contributed by atoms with Gasteiger partial charge in [-0.3, -0.25) is 43.3 Å². The van der Waals surface area contributed by atoms with Gasteiger partial charge in [-0.2, -0.15) is 0 Å². The van der Waals surface area contributed by atoms with Crippen LogP contribution in [-0.4, -0.2) is 141 Å². The van der Waals surface area contributed by atoms with Crippen molar-refractivity contribution in [3.8, 4) is 0 Å². The van der Waals surface area contributed by atoms with Gasteiger partial charge in [0.2, 0.25) is 11.8 Å². The Kier molecular flexibility index (Phi) is 17.7. The molecule has 3 aliphatic heterocycles. The minimum atomic E-state index is -1.80. The summed E-state index contributed by atoms with van der Waals surface area (Å²) in [7, 11) is 0. The van der Waals surface area contributed by atoms with Crippen molar-refractivity contribution in [3.63, 3.8) is 0 Å². The zero-order valence-corrected chi connectivity index (χ0v) is 43.2. The number of hydrogen-bond donors (Lipinski definition) is 0. The number of esters is 6. The first-order valence-corrected chi connectivity index (χ1v) is 22.9. The minimum Gasteiger partial charge on any atom is -0.464 e. The van der Waals surface area contributed by atoms with Gasteiger partial charge in [0.1, 0.15) is 67.8 Å². The number of alkyl halides is 4. The van der Waals surface area contributed by atoms with E-state index in [2.05, 4.69) is 63.7 Å². The van der Waals surface area contributed by atoms with E-state index in [-0.39, 0.29) is 26.4 Å². The van der Waals surface area contributed by atoms with E-state index >= 15 is 0 Å². The lowest BCUT2D eigenvalue weighted by molar-refractivity contribution is -0.180. The van der Waals surface area contributed by atoms with E-state index in [1.807, 2.05) is 0 Å². The lowest BCUT2D eigenvalue weighted by atomic mass is 9.85. The third kappa shape index (κ3) is 14.0. The predicted molar refractivity (Wildman–Crippen MR) is 234 cm³/mol. The summed E-state index contributed by atoms with van der Waals surface area (Å²) in [5.74, 6) is -6.81. The van der Waals surface area contributed by atoms with Crippen LogP contribution in [0, 0.1) is 28.1 Å². The Morgan fingerprint density at radius 3 is 1.19 bits per heavy atom. The van der Waals surface area contributed by atoms with Gasteiger partial charge >= 0.3 is 35.8 Å². The maximum Gasteiger partial charge on any atom is 0.322 e. The summed E-state index contributed by atoms with van der Waals surface area (Å²) >= 11 is 13.0. The fourth-order valence-electron chi connectivity index (χ4n) is 5.97. The summed E-state index contributed by atoms with van der Waals surface area (Å²) in [6.07, 6.45) is 2.49. The topological polar surface area (TPSA) is 214 Å². The summed E-state index contributed by atoms with van der Waals surface area (Å²) in [6.45, 7) is 13.1. The highest BCUT2D eigenvalue weighted by atomic mass is 79.9. The molecule has 0 N–H and O–H groups in total. The number of nitrogens with zero attached hydrogens (tertiary/aromatic N) is 1. The Labute approximate surface area is 395 Å². The van der Waals surface area contributed by atoms with E-state index in [9.17, 15) is 38.4 Å². The number of amides is 2. The second-order valence-corrected chi connectivity index (χ2v) is 26.6. The smallest absolute Gasteiger partial charge is 0.322 e. The molecule has 0 aromatic rings. The van der Waals surface area contributed by atoms with E-state index in [4.69, 9.17) is 37.9 Å². The van der Waals surface area contributed by atoms with Crippen molar-refractivity contribution in [3.05, 3.63) is 12.2 Å². The van der Waals surface area contributed by atoms with Gasteiger partial charge in [0.25, 0.3) is 0 Å². The van der Waals surface area contributed by atoms with Gasteiger partial charge in [-0.25, -0.2) is 0 Å². The second kappa shape index (κ2) is 20.4. The fourth-order valence-corrected chi connectivity index (χ4v) is 6.43. The van der Waals surface area contributed by atoms with Crippen LogP contribution < -0.4 is 0 Å². The van der Waals surface area contributed by atoms with E-state index in [0.717, 1.165) is 4.90 Å². The number of carbonyl (C=O) groups is 8. The summed E-state index contributed by atoms with van der Waals surface area (Å²) in [5.41, 5.74) is -4.75. The molecule has 0 spiro atoms. The fraction of sp³-hybridized carbons (Fsp3) is 0.756. The summed E-state index contributed by atoms with van der Waals surface area (Å²) in [5, 5.41) is 0. The summed E-state index contributed by atoms with van der Waals surface area (Å²) < 4.78 is 40.7. The Hall–Kier alpha value is -2.46. The van der Waals surface area contributed by atoms with Gasteiger partial charge in [-0.15, -0.1) is 0 Å². The quantitative estimate of drug-likeness (QED) is 0.0437. The van der Waals surface area contributed by atoms with Crippen LogP contribution >= 0.6 is 63.7 Å². The van der Waals surface area contributed by atoms with E-state index in [0.29, 0.717) is 0 Å². The summed E-state index contributed by atoms with van der Waals surface area (Å²) in [6, 6.07) is 0. The van der Waals surface area contributed by atoms with Crippen LogP contribution in [0.25, 0.3) is 0 Å². The molecule has 2 amide bonds. The highest BCUT2D eigenvalue weighted by molar-refractivity contribution is 9.10. The van der Waals surface area contributed by atoms with Gasteiger partial charge in [0.15, 0.2) is 0 Å². The van der Waals surface area contributed by atoms with Crippen molar-refractivity contribution in [1.82, 2.24) is 4.90 Å². The molecule has 17 nitrogen and oxygen atoms in total. The molecule has 3 heterocycles. The van der Waals surface area contributed by atoms with Crippen molar-refractivity contribution >= 4 is 111 Å². The highest BCUT2D eigenvalue weighted by Crippen LogP contribution is 2.45. The van der Waals surface area contributed by atoms with Crippen LogP contribution in [-0.2, 0) is 76.3 Å². The third-order valence-corrected chi connectivity index (χ3v) is 11.3. The molecule has 3 aliphatic rings. The van der Waals surface area contributed by atoms with Crippen molar-refractivity contribution in [1.29, 1.82) is 0 Å². The van der Waals surface area contributed by atoms with Gasteiger partial charge in [0.05, 0.1) is 49.2 Å². The number of imide groups is 1. The van der Waals surface area contributed by atoms with Gasteiger partial charge < -0.3 is 37.9 Å². The molecule has 3 rings (SSSR count). The minimum absolute atomic E-state index is 0.252. The standard InChI is InChI=1S/C41H57Br4NO16/c1-35(2,42)29(49)57-17-39(9,18-58-30(50)36(3,4)43)16-55-19-40(10,33(53)56-15-14-46-27(47)25-23-12-13-24(62-23)26(25)28(46)48)20-61-34(54)41(11,21-59-31(51)37(5,6)44)22-60-32(52)38(7,8)45/h12-13,23-26H,14-22H2,1-11H3/t23?,24?,25-,26+,40?. The number of rotatable bonds is 23. The largest absolute Gasteiger partial charge is 0.464 e. The number of ether oxygens (including phenoxy) is 8. The summed E-state index contributed by atoms with van der Waals surface area (Å²) in [4.78, 5) is 106. The van der Waals surface area contributed by atoms with Crippen molar-refractivity contribution in [2.45, 2.75) is 106 Å². The Morgan fingerprint density at radius 2 is 0.823 bits per heavy atom. The molecule has 350 valence electrons. The Balaban J connectivity index is 1.85. The van der Waals surface area contributed by atoms with E-state index in [1.54, 1.807) is 46.8 Å². The molecule has 62 heavy (non-hydrogen) atoms. The SMILES string of the molecule is CC(COCC(C)(COC(=O)C(C)(COC(=O)C(C)(C)Br)COC(=O)C(C)(C)Br)C(=O)OCCN1C(=O)[C@@H]2C3C=CC(O3)[C@@H]2C1=O)(COC(=O)C(C)(C)Br)COC(=O)C(C)(C)Br. The molecule has 5 atom stereocenters. The Bertz CT molecular complexity index is 1680. The average molecular weight is 1140 g/mol. The van der Waals surface area contributed by atoms with E-state index < -0.39 is 138 Å². The van der Waals surface area contributed by atoms with E-state index in [1.165, 1.54) is 41.5 Å². The third-order valence-electron chi connectivity index (χ3n) is 10.0. The first kappa shape index (κ1) is 53.9. The number of hydrogen-bond acceptors (Lipinski definition) is 16. The first-order valence-electron chi connectivity index (χ1n) is 19.7. The predicted octanol–water partition coefficient (Wildman–Crippen LogP) is 4.91. The molecular formula is C41H57Br4NO16. The number of carbonyl (C=O) groups excluding carboxylic acids is 8. The maximum absolute atomic E-state index is 14.0. The lowest BCUT2D eigenvalue weighted by Gasteiger charge is -2.33. The number of halogens is 4. The van der Waals surface area contributed by atoms with Crippen LogP contribution in [0.2, 0.25) is 0 Å². The van der Waals surface area contributed by atoms with Crippen LogP contribution in [0.5, 0.6) is 0 Å². The molecule has 2 bridgehead atoms. The number of likely N-dealkylation sites (tertiary alicyclic amines) is 1.